The Bertz CT molecular complexity index is 822. The van der Waals surface area contributed by atoms with Gasteiger partial charge in [-0.05, 0) is 18.2 Å². The van der Waals surface area contributed by atoms with E-state index in [2.05, 4.69) is 0 Å². The number of ether oxygens (including phenoxy) is 1. The van der Waals surface area contributed by atoms with Crippen LogP contribution in [0.5, 0.6) is 0 Å². The van der Waals surface area contributed by atoms with E-state index >= 15 is 0 Å². The Morgan fingerprint density at radius 3 is 2.36 bits per heavy atom. The molecule has 0 radical (unpaired) electrons. The summed E-state index contributed by atoms with van der Waals surface area (Å²) in [6.45, 7) is 0. The topological polar surface area (TPSA) is 60.4 Å². The summed E-state index contributed by atoms with van der Waals surface area (Å²) in [6.07, 6.45) is 1.17. The van der Waals surface area contributed by atoms with Gasteiger partial charge in [0, 0.05) is 16.5 Å². The molecule has 0 N–H and O–H groups in total. The van der Waals surface area contributed by atoms with Crippen LogP contribution in [0.1, 0.15) is 20.7 Å². The average molecular weight is 312 g/mol. The van der Waals surface area contributed by atoms with Gasteiger partial charge in [-0.25, -0.2) is 4.21 Å². The zero-order chi connectivity index (χ0) is 15.7. The van der Waals surface area contributed by atoms with E-state index in [4.69, 9.17) is 4.74 Å². The minimum absolute atomic E-state index is 0.0324. The van der Waals surface area contributed by atoms with Crippen molar-refractivity contribution in [1.82, 2.24) is 0 Å². The second-order valence-electron chi connectivity index (χ2n) is 4.67. The summed E-state index contributed by atoms with van der Waals surface area (Å²) in [5, 5.41) is 0. The predicted octanol–water partition coefficient (Wildman–Crippen LogP) is 2.76. The molecule has 0 aliphatic heterocycles. The maximum atomic E-state index is 12.8. The lowest BCUT2D eigenvalue weighted by Gasteiger charge is -2.17. The van der Waals surface area contributed by atoms with Gasteiger partial charge in [0.05, 0.1) is 28.4 Å². The van der Waals surface area contributed by atoms with Gasteiger partial charge in [-0.2, -0.15) is 0 Å². The molecule has 0 fully saturated rings. The first-order chi connectivity index (χ1) is 10.6. The lowest BCUT2D eigenvalue weighted by molar-refractivity contribution is 0.0913. The standard InChI is InChI=1S/C17H12O4S/c1-21-14-10-13(18)12-8-5-9-15(16(12)17(14)19)22(20)11-6-3-2-4-7-11/h2-10H,1H3. The van der Waals surface area contributed by atoms with Gasteiger partial charge in [0.15, 0.2) is 11.5 Å². The molecular formula is C17H12O4S. The molecule has 1 atom stereocenters. The monoisotopic (exact) mass is 312 g/mol. The number of hydrogen-bond acceptors (Lipinski definition) is 4. The number of benzene rings is 2. The molecule has 4 nitrogen and oxygen atoms in total. The number of ketones is 2. The molecule has 22 heavy (non-hydrogen) atoms. The van der Waals surface area contributed by atoms with Gasteiger partial charge in [-0.1, -0.05) is 30.3 Å². The third-order valence-corrected chi connectivity index (χ3v) is 4.82. The van der Waals surface area contributed by atoms with E-state index in [9.17, 15) is 13.8 Å². The van der Waals surface area contributed by atoms with Gasteiger partial charge < -0.3 is 4.74 Å². The number of methoxy groups -OCH3 is 1. The molecule has 1 unspecified atom stereocenters. The maximum absolute atomic E-state index is 12.8. The SMILES string of the molecule is COC1=CC(=O)c2cccc(S(=O)c3ccccc3)c2C1=O. The maximum Gasteiger partial charge on any atom is 0.229 e. The molecular weight excluding hydrogens is 300 g/mol. The zero-order valence-corrected chi connectivity index (χ0v) is 12.6. The first-order valence-electron chi connectivity index (χ1n) is 6.58. The molecule has 0 amide bonds. The quantitative estimate of drug-likeness (QED) is 0.874. The third kappa shape index (κ3) is 2.29. The second-order valence-corrected chi connectivity index (χ2v) is 6.12. The minimum atomic E-state index is -1.54. The van der Waals surface area contributed by atoms with Gasteiger partial charge in [0.2, 0.25) is 5.78 Å². The van der Waals surface area contributed by atoms with Crippen LogP contribution in [-0.4, -0.2) is 22.9 Å². The van der Waals surface area contributed by atoms with Crippen molar-refractivity contribution in [3.63, 3.8) is 0 Å². The molecule has 2 aromatic rings. The van der Waals surface area contributed by atoms with E-state index in [1.807, 2.05) is 6.07 Å². The van der Waals surface area contributed by atoms with Gasteiger partial charge >= 0.3 is 0 Å². The highest BCUT2D eigenvalue weighted by atomic mass is 32.2. The Hall–Kier alpha value is -2.53. The van der Waals surface area contributed by atoms with Gasteiger partial charge in [-0.3, -0.25) is 9.59 Å². The summed E-state index contributed by atoms with van der Waals surface area (Å²) >= 11 is 0. The molecule has 110 valence electrons. The van der Waals surface area contributed by atoms with E-state index < -0.39 is 16.6 Å². The van der Waals surface area contributed by atoms with Crippen molar-refractivity contribution in [3.05, 3.63) is 71.5 Å². The van der Waals surface area contributed by atoms with E-state index in [1.54, 1.807) is 42.5 Å². The molecule has 1 aliphatic rings. The van der Waals surface area contributed by atoms with Crippen LogP contribution in [0.4, 0.5) is 0 Å². The second kappa shape index (κ2) is 5.69. The number of allylic oxidation sites excluding steroid dienone is 2. The summed E-state index contributed by atoms with van der Waals surface area (Å²) in [4.78, 5) is 25.5. The minimum Gasteiger partial charge on any atom is -0.492 e. The summed E-state index contributed by atoms with van der Waals surface area (Å²) in [5.74, 6) is -0.773. The highest BCUT2D eigenvalue weighted by Crippen LogP contribution is 2.29. The summed E-state index contributed by atoms with van der Waals surface area (Å²) < 4.78 is 17.7. The fourth-order valence-corrected chi connectivity index (χ4v) is 3.58. The Balaban J connectivity index is 2.18. The molecule has 0 bridgehead atoms. The van der Waals surface area contributed by atoms with Crippen LogP contribution in [0.25, 0.3) is 0 Å². The van der Waals surface area contributed by atoms with Crippen LogP contribution < -0.4 is 0 Å². The number of fused-ring (bicyclic) bond motifs is 1. The first kappa shape index (κ1) is 14.4. The van der Waals surface area contributed by atoms with Crippen molar-refractivity contribution < 1.29 is 18.5 Å². The lowest BCUT2D eigenvalue weighted by Crippen LogP contribution is -2.20. The molecule has 0 heterocycles. The molecule has 0 aromatic heterocycles. The summed E-state index contributed by atoms with van der Waals surface area (Å²) in [7, 11) is -0.212. The van der Waals surface area contributed by atoms with E-state index in [0.717, 1.165) is 0 Å². The van der Waals surface area contributed by atoms with E-state index in [0.29, 0.717) is 9.79 Å². The summed E-state index contributed by atoms with van der Waals surface area (Å²) in [6, 6.07) is 13.6. The molecule has 0 saturated carbocycles. The predicted molar refractivity (Wildman–Crippen MR) is 81.3 cm³/mol. The number of carbonyl (C=O) groups is 2. The Morgan fingerprint density at radius 1 is 0.955 bits per heavy atom. The van der Waals surface area contributed by atoms with E-state index in [1.165, 1.54) is 13.2 Å². The molecule has 0 spiro atoms. The number of hydrogen-bond donors (Lipinski definition) is 0. The molecule has 1 aliphatic carbocycles. The third-order valence-electron chi connectivity index (χ3n) is 3.38. The first-order valence-corrected chi connectivity index (χ1v) is 7.73. The smallest absolute Gasteiger partial charge is 0.229 e. The highest BCUT2D eigenvalue weighted by Gasteiger charge is 2.30. The van der Waals surface area contributed by atoms with Crippen molar-refractivity contribution in [2.24, 2.45) is 0 Å². The number of Topliss-reactive ketones (excluding diaryl/α,β-unsaturated/α-hetero) is 1. The largest absolute Gasteiger partial charge is 0.492 e. The number of carbonyl (C=O) groups excluding carboxylic acids is 2. The van der Waals surface area contributed by atoms with E-state index in [-0.39, 0.29) is 22.7 Å². The van der Waals surface area contributed by atoms with Crippen molar-refractivity contribution in [2.75, 3.05) is 7.11 Å². The fraction of sp³-hybridized carbons (Fsp3) is 0.0588. The Labute approximate surface area is 129 Å². The number of rotatable bonds is 3. The molecule has 0 saturated heterocycles. The van der Waals surface area contributed by atoms with Crippen LogP contribution in [0, 0.1) is 0 Å². The lowest BCUT2D eigenvalue weighted by atomic mass is 9.93. The Kier molecular flexibility index (Phi) is 3.73. The van der Waals surface area contributed by atoms with Gasteiger partial charge in [0.1, 0.15) is 0 Å². The van der Waals surface area contributed by atoms with Crippen LogP contribution in [0.2, 0.25) is 0 Å². The van der Waals surface area contributed by atoms with Crippen LogP contribution >= 0.6 is 0 Å². The van der Waals surface area contributed by atoms with Gasteiger partial charge in [0.25, 0.3) is 0 Å². The summed E-state index contributed by atoms with van der Waals surface area (Å²) in [5.41, 5.74) is 0.418. The van der Waals surface area contributed by atoms with Crippen LogP contribution in [-0.2, 0) is 15.5 Å². The molecule has 3 rings (SSSR count). The van der Waals surface area contributed by atoms with Gasteiger partial charge in [-0.15, -0.1) is 0 Å². The van der Waals surface area contributed by atoms with Crippen LogP contribution in [0.3, 0.4) is 0 Å². The zero-order valence-electron chi connectivity index (χ0n) is 11.7. The van der Waals surface area contributed by atoms with Crippen molar-refractivity contribution in [2.45, 2.75) is 9.79 Å². The fourth-order valence-electron chi connectivity index (χ4n) is 2.33. The van der Waals surface area contributed by atoms with Crippen molar-refractivity contribution >= 4 is 22.4 Å². The molecule has 2 aromatic carbocycles. The van der Waals surface area contributed by atoms with Crippen molar-refractivity contribution in [1.29, 1.82) is 0 Å². The Morgan fingerprint density at radius 2 is 1.68 bits per heavy atom. The molecule has 5 heteroatoms. The normalized spacial score (nSPS) is 15.0. The highest BCUT2D eigenvalue weighted by molar-refractivity contribution is 7.85. The average Bonchev–Trinajstić information content (AvgIpc) is 2.57. The van der Waals surface area contributed by atoms with Crippen molar-refractivity contribution in [3.8, 4) is 0 Å². The van der Waals surface area contributed by atoms with Crippen LogP contribution in [0.15, 0.2) is 70.2 Å².